The third kappa shape index (κ3) is 52.4. The molecule has 0 aromatic carbocycles. The molecule has 0 spiro atoms. The highest BCUT2D eigenvalue weighted by atomic mass is 16.7. The van der Waals surface area contributed by atoms with Crippen molar-refractivity contribution in [3.05, 3.63) is 36.5 Å². The van der Waals surface area contributed by atoms with Gasteiger partial charge in [0.2, 0.25) is 5.91 Å². The summed E-state index contributed by atoms with van der Waals surface area (Å²) in [6, 6.07) is -0.806. The highest BCUT2D eigenvalue weighted by molar-refractivity contribution is 5.76. The predicted octanol–water partition coefficient (Wildman–Crippen LogP) is 20.6. The highest BCUT2D eigenvalue weighted by Crippen LogP contribution is 2.24. The summed E-state index contributed by atoms with van der Waals surface area (Å²) in [5.41, 5.74) is 0. The van der Waals surface area contributed by atoms with Gasteiger partial charge in [0.1, 0.15) is 24.4 Å². The van der Waals surface area contributed by atoms with Crippen LogP contribution in [0.15, 0.2) is 36.5 Å². The van der Waals surface area contributed by atoms with Crippen molar-refractivity contribution < 1.29 is 39.8 Å². The van der Waals surface area contributed by atoms with Crippen LogP contribution in [0.4, 0.5) is 0 Å². The summed E-state index contributed by atoms with van der Waals surface area (Å²) >= 11 is 0. The van der Waals surface area contributed by atoms with Gasteiger partial charge in [-0.15, -0.1) is 0 Å². The first-order chi connectivity index (χ1) is 41.3. The van der Waals surface area contributed by atoms with E-state index >= 15 is 0 Å². The Morgan fingerprint density at radius 3 is 1.02 bits per heavy atom. The van der Waals surface area contributed by atoms with E-state index in [0.29, 0.717) is 6.42 Å². The number of hydrogen-bond acceptors (Lipinski definition) is 8. The van der Waals surface area contributed by atoms with Crippen LogP contribution in [0.2, 0.25) is 0 Å². The largest absolute Gasteiger partial charge is 0.394 e. The molecule has 9 heteroatoms. The number of ether oxygens (including phenoxy) is 2. The van der Waals surface area contributed by atoms with Gasteiger partial charge in [-0.05, 0) is 51.4 Å². The van der Waals surface area contributed by atoms with Crippen LogP contribution in [-0.4, -0.2) is 87.5 Å². The van der Waals surface area contributed by atoms with E-state index in [1.165, 1.54) is 315 Å². The van der Waals surface area contributed by atoms with Gasteiger partial charge in [0, 0.05) is 6.42 Å². The summed E-state index contributed by atoms with van der Waals surface area (Å²) < 4.78 is 11.3. The molecule has 1 heterocycles. The summed E-state index contributed by atoms with van der Waals surface area (Å²) in [4.78, 5) is 13.1. The first kappa shape index (κ1) is 80.4. The maximum atomic E-state index is 13.1. The molecule has 0 aliphatic carbocycles. The van der Waals surface area contributed by atoms with Crippen LogP contribution >= 0.6 is 0 Å². The van der Waals surface area contributed by atoms with Crippen LogP contribution in [0.1, 0.15) is 380 Å². The Hall–Kier alpha value is -1.59. The van der Waals surface area contributed by atoms with Crippen molar-refractivity contribution >= 4 is 5.91 Å². The molecule has 1 rings (SSSR count). The van der Waals surface area contributed by atoms with Gasteiger partial charge in [-0.2, -0.15) is 0 Å². The van der Waals surface area contributed by atoms with Crippen molar-refractivity contribution in [1.29, 1.82) is 0 Å². The highest BCUT2D eigenvalue weighted by Gasteiger charge is 2.44. The lowest BCUT2D eigenvalue weighted by Crippen LogP contribution is -2.60. The molecule has 9 nitrogen and oxygen atoms in total. The number of unbranched alkanes of at least 4 members (excludes halogenated alkanes) is 52. The number of amides is 1. The molecule has 7 atom stereocenters. The van der Waals surface area contributed by atoms with Crippen molar-refractivity contribution in [2.24, 2.45) is 0 Å². The van der Waals surface area contributed by atoms with Gasteiger partial charge in [-0.1, -0.05) is 359 Å². The van der Waals surface area contributed by atoms with Crippen molar-refractivity contribution in [2.75, 3.05) is 13.2 Å². The van der Waals surface area contributed by atoms with E-state index in [1.807, 2.05) is 6.08 Å². The molecule has 496 valence electrons. The zero-order valence-corrected chi connectivity index (χ0v) is 55.7. The van der Waals surface area contributed by atoms with Crippen LogP contribution in [-0.2, 0) is 14.3 Å². The topological polar surface area (TPSA) is 149 Å². The average molecular weight is 1190 g/mol. The second-order valence-electron chi connectivity index (χ2n) is 26.1. The predicted molar refractivity (Wildman–Crippen MR) is 360 cm³/mol. The summed E-state index contributed by atoms with van der Waals surface area (Å²) in [7, 11) is 0. The van der Waals surface area contributed by atoms with Gasteiger partial charge >= 0.3 is 0 Å². The minimum Gasteiger partial charge on any atom is -0.394 e. The quantitative estimate of drug-likeness (QED) is 0.0261. The lowest BCUT2D eigenvalue weighted by Gasteiger charge is -2.40. The molecule has 6 N–H and O–H groups in total. The number of nitrogens with one attached hydrogen (secondary N) is 1. The summed E-state index contributed by atoms with van der Waals surface area (Å²) in [6.07, 6.45) is 79.8. The Morgan fingerprint density at radius 1 is 0.405 bits per heavy atom. The molecule has 1 saturated heterocycles. The number of rotatable bonds is 66. The van der Waals surface area contributed by atoms with Crippen LogP contribution in [0, 0.1) is 0 Å². The van der Waals surface area contributed by atoms with Gasteiger partial charge in [-0.25, -0.2) is 0 Å². The number of hydrogen-bond donors (Lipinski definition) is 6. The molecule has 0 saturated carbocycles. The fourth-order valence-corrected chi connectivity index (χ4v) is 12.1. The number of aliphatic hydroxyl groups is 5. The third-order valence-corrected chi connectivity index (χ3v) is 18.0. The molecule has 0 bridgehead atoms. The minimum atomic E-state index is -1.57. The average Bonchev–Trinajstić information content (AvgIpc) is 3.69. The van der Waals surface area contributed by atoms with Crippen molar-refractivity contribution in [3.63, 3.8) is 0 Å². The second kappa shape index (κ2) is 64.4. The van der Waals surface area contributed by atoms with Crippen LogP contribution in [0.25, 0.3) is 0 Å². The maximum absolute atomic E-state index is 13.1. The molecule has 0 aromatic rings. The Labute approximate surface area is 521 Å². The van der Waals surface area contributed by atoms with E-state index in [2.05, 4.69) is 43.5 Å². The van der Waals surface area contributed by atoms with Gasteiger partial charge < -0.3 is 40.3 Å². The molecular weight excluding hydrogens is 1040 g/mol. The van der Waals surface area contributed by atoms with E-state index in [9.17, 15) is 30.3 Å². The van der Waals surface area contributed by atoms with Gasteiger partial charge in [-0.3, -0.25) is 4.79 Å². The lowest BCUT2D eigenvalue weighted by molar-refractivity contribution is -0.302. The molecular formula is C75H143NO8. The van der Waals surface area contributed by atoms with Crippen LogP contribution in [0.3, 0.4) is 0 Å². The van der Waals surface area contributed by atoms with E-state index in [0.717, 1.165) is 44.9 Å². The summed E-state index contributed by atoms with van der Waals surface area (Å²) in [5, 5.41) is 54.8. The molecule has 0 aromatic heterocycles. The third-order valence-electron chi connectivity index (χ3n) is 18.0. The van der Waals surface area contributed by atoms with Gasteiger partial charge in [0.15, 0.2) is 6.29 Å². The number of carbonyl (C=O) groups is 1. The van der Waals surface area contributed by atoms with Crippen molar-refractivity contribution in [1.82, 2.24) is 5.32 Å². The molecule has 1 aliphatic rings. The molecule has 1 amide bonds. The monoisotopic (exact) mass is 1190 g/mol. The first-order valence-corrected chi connectivity index (χ1v) is 37.2. The molecule has 84 heavy (non-hydrogen) atoms. The number of carbonyl (C=O) groups excluding carboxylic acids is 1. The normalized spacial score (nSPS) is 18.3. The minimum absolute atomic E-state index is 0.170. The standard InChI is InChI=1S/C75H143NO8/c1-3-5-7-9-11-13-15-17-19-21-23-25-27-29-31-33-34-35-37-38-40-42-44-46-48-50-52-54-56-58-60-62-64-69(78)68(67-83-75-74(82)73(81)72(80)70(66-77)84-75)76-71(79)65-63-61-59-57-55-53-51-49-47-45-43-41-39-36-32-30-28-26-24-22-20-18-16-14-12-10-8-6-4-2/h16,18,22,24,62,64,68-70,72-75,77-78,80-82H,3-15,17,19-21,23,25-61,63,65-67H2,1-2H3,(H,76,79)/b18-16-,24-22-,64-62+. The Bertz CT molecular complexity index is 1420. The van der Waals surface area contributed by atoms with E-state index in [-0.39, 0.29) is 12.5 Å². The first-order valence-electron chi connectivity index (χ1n) is 37.2. The Balaban J connectivity index is 2.10. The molecule has 7 unspecified atom stereocenters. The van der Waals surface area contributed by atoms with Gasteiger partial charge in [0.05, 0.1) is 25.4 Å². The van der Waals surface area contributed by atoms with Crippen molar-refractivity contribution in [2.45, 2.75) is 423 Å². The van der Waals surface area contributed by atoms with Crippen molar-refractivity contribution in [3.8, 4) is 0 Å². The fraction of sp³-hybridized carbons (Fsp3) is 0.907. The maximum Gasteiger partial charge on any atom is 0.220 e. The zero-order chi connectivity index (χ0) is 60.7. The second-order valence-corrected chi connectivity index (χ2v) is 26.1. The lowest BCUT2D eigenvalue weighted by atomic mass is 9.99. The summed E-state index contributed by atoms with van der Waals surface area (Å²) in [5.74, 6) is -0.170. The molecule has 1 fully saturated rings. The van der Waals surface area contributed by atoms with E-state index in [1.54, 1.807) is 6.08 Å². The Kier molecular flexibility index (Phi) is 61.7. The fourth-order valence-electron chi connectivity index (χ4n) is 12.1. The van der Waals surface area contributed by atoms with E-state index in [4.69, 9.17) is 9.47 Å². The number of aliphatic hydroxyl groups excluding tert-OH is 5. The molecule has 1 aliphatic heterocycles. The van der Waals surface area contributed by atoms with Crippen LogP contribution < -0.4 is 5.32 Å². The van der Waals surface area contributed by atoms with Crippen LogP contribution in [0.5, 0.6) is 0 Å². The Morgan fingerprint density at radius 2 is 0.702 bits per heavy atom. The molecule has 0 radical (unpaired) electrons. The van der Waals surface area contributed by atoms with Gasteiger partial charge in [0.25, 0.3) is 0 Å². The summed E-state index contributed by atoms with van der Waals surface area (Å²) in [6.45, 7) is 3.83. The zero-order valence-electron chi connectivity index (χ0n) is 55.7. The number of allylic oxidation sites excluding steroid dienone is 5. The SMILES string of the molecule is CCCCCCC/C=C\C/C=C\CCCCCCCCCCCCCCCCCCCC(=O)NC(COC1OC(CO)C(O)C(O)C1O)C(O)/C=C/CCCCCCCCCCCCCCCCCCCCCCCCCCCCCCCC. The van der Waals surface area contributed by atoms with E-state index < -0.39 is 49.5 Å². The smallest absolute Gasteiger partial charge is 0.220 e.